The van der Waals surface area contributed by atoms with Gasteiger partial charge in [-0.1, -0.05) is 11.6 Å². The maximum Gasteiger partial charge on any atom is 0.241 e. The summed E-state index contributed by atoms with van der Waals surface area (Å²) in [6, 6.07) is 6.41. The van der Waals surface area contributed by atoms with E-state index in [1.807, 2.05) is 13.0 Å². The predicted octanol–water partition coefficient (Wildman–Crippen LogP) is 2.03. The highest BCUT2D eigenvalue weighted by Crippen LogP contribution is 2.34. The van der Waals surface area contributed by atoms with Gasteiger partial charge in [-0.15, -0.1) is 0 Å². The number of nitrogens with two attached hydrogens (primary N) is 1. The Balaban J connectivity index is 1.74. The van der Waals surface area contributed by atoms with E-state index in [1.54, 1.807) is 31.3 Å². The summed E-state index contributed by atoms with van der Waals surface area (Å²) in [6.45, 7) is 4.30. The summed E-state index contributed by atoms with van der Waals surface area (Å²) in [5.41, 5.74) is 8.10. The van der Waals surface area contributed by atoms with Gasteiger partial charge in [-0.3, -0.25) is 9.78 Å². The van der Waals surface area contributed by atoms with Crippen LogP contribution in [0.1, 0.15) is 30.7 Å². The molecule has 9 nitrogen and oxygen atoms in total. The topological polar surface area (TPSA) is 140 Å². The zero-order chi connectivity index (χ0) is 22.9. The summed E-state index contributed by atoms with van der Waals surface area (Å²) < 4.78 is 35.2. The number of rotatable bonds is 7. The molecule has 0 spiro atoms. The lowest BCUT2D eigenvalue weighted by molar-refractivity contribution is -0.125. The molecule has 1 amide bonds. The second kappa shape index (κ2) is 8.97. The van der Waals surface area contributed by atoms with Gasteiger partial charge in [0.05, 0.1) is 22.0 Å². The fourth-order valence-electron chi connectivity index (χ4n) is 4.41. The molecule has 170 valence electrons. The van der Waals surface area contributed by atoms with E-state index in [0.29, 0.717) is 53.9 Å². The summed E-state index contributed by atoms with van der Waals surface area (Å²) in [4.78, 5) is 17.0. The summed E-state index contributed by atoms with van der Waals surface area (Å²) in [5, 5.41) is 7.27. The van der Waals surface area contributed by atoms with Gasteiger partial charge in [-0.25, -0.2) is 13.1 Å². The number of aryl methyl sites for hydroxylation is 2. The number of hydrogen-bond donors (Lipinski definition) is 3. The van der Waals surface area contributed by atoms with Crippen LogP contribution in [0.15, 0.2) is 39.9 Å². The molecule has 32 heavy (non-hydrogen) atoms. The summed E-state index contributed by atoms with van der Waals surface area (Å²) in [6.07, 6.45) is 3.62. The van der Waals surface area contributed by atoms with E-state index in [-0.39, 0.29) is 10.8 Å². The largest absolute Gasteiger partial charge is 0.361 e. The Hall–Kier alpha value is -2.82. The van der Waals surface area contributed by atoms with Gasteiger partial charge in [0.25, 0.3) is 0 Å². The first kappa shape index (κ1) is 22.4. The highest BCUT2D eigenvalue weighted by molar-refractivity contribution is 7.89. The minimum Gasteiger partial charge on any atom is -0.361 e. The van der Waals surface area contributed by atoms with Crippen LogP contribution in [-0.4, -0.2) is 43.6 Å². The van der Waals surface area contributed by atoms with E-state index in [1.165, 1.54) is 0 Å². The molecule has 1 aliphatic carbocycles. The van der Waals surface area contributed by atoms with E-state index < -0.39 is 22.0 Å². The zero-order valence-electron chi connectivity index (χ0n) is 18.1. The number of carbonyl (C=O) groups excluding carboxylic acids is 1. The highest BCUT2D eigenvalue weighted by atomic mass is 32.2. The lowest BCUT2D eigenvalue weighted by atomic mass is 10.0. The maximum atomic E-state index is 13.5. The van der Waals surface area contributed by atoms with Gasteiger partial charge in [0.1, 0.15) is 5.76 Å². The third-order valence-corrected chi connectivity index (χ3v) is 7.43. The molecule has 1 aliphatic rings. The van der Waals surface area contributed by atoms with Gasteiger partial charge in [-0.05, 0) is 56.5 Å². The van der Waals surface area contributed by atoms with Crippen LogP contribution in [-0.2, 0) is 14.8 Å². The number of carbonyl (C=O) groups is 1. The fourth-order valence-corrected chi connectivity index (χ4v) is 5.97. The summed E-state index contributed by atoms with van der Waals surface area (Å²) in [7, 11) is -3.94. The number of pyridine rings is 1. The van der Waals surface area contributed by atoms with Gasteiger partial charge < -0.3 is 15.6 Å². The predicted molar refractivity (Wildman–Crippen MR) is 120 cm³/mol. The first-order valence-electron chi connectivity index (χ1n) is 10.6. The minimum absolute atomic E-state index is 0.117. The van der Waals surface area contributed by atoms with Crippen LogP contribution in [0.25, 0.3) is 22.0 Å². The molecule has 10 heteroatoms. The Bertz CT molecular complexity index is 1230. The average Bonchev–Trinajstić information content (AvgIpc) is 3.36. The van der Waals surface area contributed by atoms with Crippen molar-refractivity contribution < 1.29 is 17.7 Å². The molecule has 4 N–H and O–H groups in total. The van der Waals surface area contributed by atoms with E-state index in [0.717, 1.165) is 12.0 Å². The number of hydrogen-bond acceptors (Lipinski definition) is 7. The monoisotopic (exact) mass is 457 g/mol. The Morgan fingerprint density at radius 2 is 2.09 bits per heavy atom. The molecule has 2 atom stereocenters. The quantitative estimate of drug-likeness (QED) is 0.493. The smallest absolute Gasteiger partial charge is 0.241 e. The molecule has 0 radical (unpaired) electrons. The molecule has 1 fully saturated rings. The van der Waals surface area contributed by atoms with Crippen LogP contribution in [0, 0.1) is 19.8 Å². The number of aromatic nitrogens is 2. The number of nitrogens with one attached hydrogen (secondary N) is 2. The van der Waals surface area contributed by atoms with Crippen LogP contribution < -0.4 is 15.8 Å². The molecule has 0 aliphatic heterocycles. The number of sulfonamides is 1. The highest BCUT2D eigenvalue weighted by Gasteiger charge is 2.36. The number of benzene rings is 1. The van der Waals surface area contributed by atoms with E-state index in [4.69, 9.17) is 10.3 Å². The minimum atomic E-state index is -3.94. The van der Waals surface area contributed by atoms with E-state index in [2.05, 4.69) is 20.2 Å². The Morgan fingerprint density at radius 3 is 2.81 bits per heavy atom. The number of fused-ring (bicyclic) bond motifs is 1. The Morgan fingerprint density at radius 1 is 1.28 bits per heavy atom. The number of amides is 1. The first-order chi connectivity index (χ1) is 15.3. The van der Waals surface area contributed by atoms with Crippen molar-refractivity contribution in [3.05, 3.63) is 41.9 Å². The molecule has 4 rings (SSSR count). The van der Waals surface area contributed by atoms with Gasteiger partial charge in [0.2, 0.25) is 15.9 Å². The molecule has 3 aromatic rings. The SMILES string of the molecule is Cc1noc(C)c1-c1cc(S(=O)(=O)NC2CCCC2C(=O)NCCN)c2cccnc2c1. The lowest BCUT2D eigenvalue weighted by Gasteiger charge is -2.21. The molecule has 0 saturated heterocycles. The van der Waals surface area contributed by atoms with Crippen molar-refractivity contribution in [2.45, 2.75) is 44.0 Å². The molecule has 2 unspecified atom stereocenters. The molecular formula is C22H27N5O4S. The Kier molecular flexibility index (Phi) is 6.27. The van der Waals surface area contributed by atoms with Crippen LogP contribution in [0.4, 0.5) is 0 Å². The first-order valence-corrected chi connectivity index (χ1v) is 12.1. The second-order valence-corrected chi connectivity index (χ2v) is 9.77. The normalized spacial score (nSPS) is 18.8. The van der Waals surface area contributed by atoms with E-state index in [9.17, 15) is 13.2 Å². The van der Waals surface area contributed by atoms with Crippen molar-refractivity contribution >= 4 is 26.8 Å². The summed E-state index contributed by atoms with van der Waals surface area (Å²) in [5.74, 6) is 0.00428. The summed E-state index contributed by atoms with van der Waals surface area (Å²) >= 11 is 0. The maximum absolute atomic E-state index is 13.5. The lowest BCUT2D eigenvalue weighted by Crippen LogP contribution is -2.44. The Labute approximate surface area is 186 Å². The average molecular weight is 458 g/mol. The van der Waals surface area contributed by atoms with Crippen LogP contribution in [0.5, 0.6) is 0 Å². The van der Waals surface area contributed by atoms with Crippen molar-refractivity contribution in [1.29, 1.82) is 0 Å². The van der Waals surface area contributed by atoms with Crippen molar-refractivity contribution in [3.8, 4) is 11.1 Å². The van der Waals surface area contributed by atoms with Crippen molar-refractivity contribution in [1.82, 2.24) is 20.2 Å². The molecule has 2 heterocycles. The molecule has 1 saturated carbocycles. The zero-order valence-corrected chi connectivity index (χ0v) is 18.9. The van der Waals surface area contributed by atoms with Gasteiger partial charge in [0.15, 0.2) is 0 Å². The van der Waals surface area contributed by atoms with Gasteiger partial charge in [0, 0.05) is 36.3 Å². The third kappa shape index (κ3) is 4.25. The molecule has 1 aromatic carbocycles. The number of nitrogens with zero attached hydrogens (tertiary/aromatic N) is 2. The van der Waals surface area contributed by atoms with Crippen molar-refractivity contribution in [2.75, 3.05) is 13.1 Å². The van der Waals surface area contributed by atoms with Crippen LogP contribution in [0.2, 0.25) is 0 Å². The van der Waals surface area contributed by atoms with E-state index >= 15 is 0 Å². The molecular weight excluding hydrogens is 430 g/mol. The van der Waals surface area contributed by atoms with Gasteiger partial charge in [-0.2, -0.15) is 0 Å². The molecule has 0 bridgehead atoms. The van der Waals surface area contributed by atoms with Gasteiger partial charge >= 0.3 is 0 Å². The molecule has 2 aromatic heterocycles. The standard InChI is InChI=1S/C22H27N5O4S/c1-13-21(14(2)31-26-13)15-11-19-16(6-4-9-24-19)20(12-15)32(29,30)27-18-7-3-5-17(18)22(28)25-10-8-23/h4,6,9,11-12,17-18,27H,3,5,7-8,10,23H2,1-2H3,(H,25,28). The van der Waals surface area contributed by atoms with Crippen LogP contribution >= 0.6 is 0 Å². The van der Waals surface area contributed by atoms with Crippen LogP contribution in [0.3, 0.4) is 0 Å². The van der Waals surface area contributed by atoms with Crippen molar-refractivity contribution in [3.63, 3.8) is 0 Å². The van der Waals surface area contributed by atoms with Crippen molar-refractivity contribution in [2.24, 2.45) is 11.7 Å². The third-order valence-electron chi connectivity index (χ3n) is 5.90. The second-order valence-electron chi connectivity index (χ2n) is 8.09. The fraction of sp³-hybridized carbons (Fsp3) is 0.409.